The third-order valence-corrected chi connectivity index (χ3v) is 6.22. The first-order chi connectivity index (χ1) is 9.02. The minimum absolute atomic E-state index is 0.225. The number of hydrogen-bond donors (Lipinski definition) is 1. The van der Waals surface area contributed by atoms with Gasteiger partial charge >= 0.3 is 0 Å². The highest BCUT2D eigenvalue weighted by Crippen LogP contribution is 2.37. The van der Waals surface area contributed by atoms with Crippen LogP contribution in [0, 0.1) is 6.92 Å². The second-order valence-corrected chi connectivity index (χ2v) is 8.43. The van der Waals surface area contributed by atoms with Gasteiger partial charge in [0.25, 0.3) is 0 Å². The van der Waals surface area contributed by atoms with Gasteiger partial charge in [0.1, 0.15) is 0 Å². The molecule has 0 aliphatic rings. The zero-order valence-electron chi connectivity index (χ0n) is 10.6. The molecular weight excluding hydrogens is 454 g/mol. The van der Waals surface area contributed by atoms with Gasteiger partial charge in [-0.05, 0) is 58.7 Å². The Morgan fingerprint density at radius 2 is 1.95 bits per heavy atom. The van der Waals surface area contributed by atoms with Crippen LogP contribution in [0.1, 0.15) is 29.0 Å². The van der Waals surface area contributed by atoms with Crippen LogP contribution in [-0.4, -0.2) is 6.54 Å². The summed E-state index contributed by atoms with van der Waals surface area (Å²) in [4.78, 5) is 1.33. The number of nitrogens with one attached hydrogen (secondary N) is 1. The zero-order valence-corrected chi connectivity index (χ0v) is 16.2. The Kier molecular flexibility index (Phi) is 5.66. The van der Waals surface area contributed by atoms with E-state index in [0.29, 0.717) is 0 Å². The van der Waals surface area contributed by atoms with Crippen LogP contribution in [0.4, 0.5) is 0 Å². The van der Waals surface area contributed by atoms with E-state index < -0.39 is 0 Å². The molecule has 2 aromatic rings. The molecule has 0 aliphatic carbocycles. The first-order valence-corrected chi connectivity index (χ1v) is 9.16. The maximum atomic E-state index is 3.66. The van der Waals surface area contributed by atoms with Crippen molar-refractivity contribution < 1.29 is 0 Å². The normalized spacial score (nSPS) is 12.7. The van der Waals surface area contributed by atoms with Gasteiger partial charge in [0.15, 0.2) is 0 Å². The number of halogens is 3. The second-order valence-electron chi connectivity index (χ2n) is 4.26. The fraction of sp³-hybridized carbons (Fsp3) is 0.286. The van der Waals surface area contributed by atoms with Gasteiger partial charge in [-0.25, -0.2) is 0 Å². The highest BCUT2D eigenvalue weighted by molar-refractivity contribution is 9.11. The van der Waals surface area contributed by atoms with E-state index in [1.54, 1.807) is 11.3 Å². The molecule has 0 aliphatic heterocycles. The number of hydrogen-bond acceptors (Lipinski definition) is 2. The Morgan fingerprint density at radius 1 is 1.21 bits per heavy atom. The van der Waals surface area contributed by atoms with Gasteiger partial charge in [0, 0.05) is 13.8 Å². The molecule has 0 fully saturated rings. The Morgan fingerprint density at radius 3 is 2.47 bits per heavy atom. The van der Waals surface area contributed by atoms with Crippen LogP contribution in [0.25, 0.3) is 0 Å². The van der Waals surface area contributed by atoms with Crippen LogP contribution in [0.15, 0.2) is 37.0 Å². The Hall–Kier alpha value is 0.320. The topological polar surface area (TPSA) is 12.0 Å². The van der Waals surface area contributed by atoms with E-state index in [1.807, 2.05) is 0 Å². The molecule has 1 nitrogen and oxygen atoms in total. The maximum absolute atomic E-state index is 3.66. The molecule has 1 atom stereocenters. The molecule has 102 valence electrons. The molecular formula is C14H14Br3NS. The Bertz CT molecular complexity index is 561. The molecule has 0 amide bonds. The molecule has 1 unspecified atom stereocenters. The van der Waals surface area contributed by atoms with Crippen LogP contribution >= 0.6 is 59.1 Å². The molecule has 2 rings (SSSR count). The maximum Gasteiger partial charge on any atom is 0.0731 e. The second kappa shape index (κ2) is 6.85. The van der Waals surface area contributed by atoms with E-state index in [9.17, 15) is 0 Å². The third-order valence-electron chi connectivity index (χ3n) is 2.84. The highest BCUT2D eigenvalue weighted by Gasteiger charge is 2.18. The minimum Gasteiger partial charge on any atom is -0.306 e. The van der Waals surface area contributed by atoms with Crippen LogP contribution in [0.5, 0.6) is 0 Å². The molecule has 1 heterocycles. The van der Waals surface area contributed by atoms with Crippen molar-refractivity contribution >= 4 is 59.1 Å². The lowest BCUT2D eigenvalue weighted by Gasteiger charge is -2.18. The van der Waals surface area contributed by atoms with Crippen molar-refractivity contribution in [3.05, 3.63) is 53.0 Å². The molecule has 0 saturated carbocycles. The van der Waals surface area contributed by atoms with Crippen molar-refractivity contribution in [2.24, 2.45) is 0 Å². The number of rotatable bonds is 4. The van der Waals surface area contributed by atoms with E-state index in [4.69, 9.17) is 0 Å². The highest BCUT2D eigenvalue weighted by atomic mass is 79.9. The summed E-state index contributed by atoms with van der Waals surface area (Å²) in [6.45, 7) is 5.20. The summed E-state index contributed by atoms with van der Waals surface area (Å²) in [5.41, 5.74) is 2.55. The van der Waals surface area contributed by atoms with Crippen LogP contribution in [0.3, 0.4) is 0 Å². The molecule has 1 aromatic heterocycles. The first kappa shape index (κ1) is 15.7. The van der Waals surface area contributed by atoms with Crippen LogP contribution in [-0.2, 0) is 0 Å². The Balaban J connectivity index is 2.44. The SMILES string of the molecule is CCNC(c1cc(C)c(Br)s1)c1ccc(Br)cc1Br. The summed E-state index contributed by atoms with van der Waals surface area (Å²) in [5.74, 6) is 0. The molecule has 19 heavy (non-hydrogen) atoms. The zero-order chi connectivity index (χ0) is 14.0. The summed E-state index contributed by atoms with van der Waals surface area (Å²) in [6, 6.07) is 8.80. The average Bonchev–Trinajstić information content (AvgIpc) is 2.67. The van der Waals surface area contributed by atoms with Crippen molar-refractivity contribution in [2.45, 2.75) is 19.9 Å². The fourth-order valence-electron chi connectivity index (χ4n) is 1.93. The lowest BCUT2D eigenvalue weighted by Crippen LogP contribution is -2.21. The summed E-state index contributed by atoms with van der Waals surface area (Å²) in [5, 5.41) is 3.56. The van der Waals surface area contributed by atoms with Gasteiger partial charge in [0.2, 0.25) is 0 Å². The minimum atomic E-state index is 0.225. The molecule has 0 spiro atoms. The summed E-state index contributed by atoms with van der Waals surface area (Å²) in [7, 11) is 0. The van der Waals surface area contributed by atoms with Crippen molar-refractivity contribution in [2.75, 3.05) is 6.54 Å². The summed E-state index contributed by atoms with van der Waals surface area (Å²) < 4.78 is 3.41. The molecule has 1 aromatic carbocycles. The van der Waals surface area contributed by atoms with Gasteiger partial charge in [0.05, 0.1) is 9.83 Å². The van der Waals surface area contributed by atoms with Gasteiger partial charge in [-0.1, -0.05) is 44.8 Å². The standard InChI is InChI=1S/C14H14Br3NS/c1-3-18-13(12-6-8(2)14(17)19-12)10-5-4-9(15)7-11(10)16/h4-7,13,18H,3H2,1-2H3. The number of thiophene rings is 1. The predicted molar refractivity (Wildman–Crippen MR) is 94.1 cm³/mol. The summed E-state index contributed by atoms with van der Waals surface area (Å²) >= 11 is 12.6. The lowest BCUT2D eigenvalue weighted by atomic mass is 10.0. The molecule has 1 N–H and O–H groups in total. The van der Waals surface area contributed by atoms with Crippen molar-refractivity contribution in [3.63, 3.8) is 0 Å². The molecule has 0 saturated heterocycles. The Labute approximate surface area is 143 Å². The van der Waals surface area contributed by atoms with Gasteiger partial charge in [-0.15, -0.1) is 11.3 Å². The van der Waals surface area contributed by atoms with E-state index >= 15 is 0 Å². The van der Waals surface area contributed by atoms with Crippen molar-refractivity contribution in [1.29, 1.82) is 0 Å². The number of aryl methyl sites for hydroxylation is 1. The summed E-state index contributed by atoms with van der Waals surface area (Å²) in [6.07, 6.45) is 0. The van der Waals surface area contributed by atoms with E-state index in [-0.39, 0.29) is 6.04 Å². The number of benzene rings is 1. The van der Waals surface area contributed by atoms with Gasteiger partial charge in [-0.3, -0.25) is 0 Å². The van der Waals surface area contributed by atoms with Gasteiger partial charge < -0.3 is 5.32 Å². The van der Waals surface area contributed by atoms with Gasteiger partial charge in [-0.2, -0.15) is 0 Å². The fourth-order valence-corrected chi connectivity index (χ4v) is 4.87. The van der Waals surface area contributed by atoms with Crippen molar-refractivity contribution in [3.8, 4) is 0 Å². The van der Waals surface area contributed by atoms with Crippen LogP contribution < -0.4 is 5.32 Å². The lowest BCUT2D eigenvalue weighted by molar-refractivity contribution is 0.637. The third kappa shape index (κ3) is 3.70. The van der Waals surface area contributed by atoms with Crippen molar-refractivity contribution in [1.82, 2.24) is 5.32 Å². The largest absolute Gasteiger partial charge is 0.306 e. The van der Waals surface area contributed by atoms with E-state index in [1.165, 1.54) is 19.8 Å². The van der Waals surface area contributed by atoms with E-state index in [0.717, 1.165) is 15.5 Å². The monoisotopic (exact) mass is 465 g/mol. The average molecular weight is 468 g/mol. The van der Waals surface area contributed by atoms with Crippen LogP contribution in [0.2, 0.25) is 0 Å². The predicted octanol–water partition coefficient (Wildman–Crippen LogP) is 6.04. The quantitative estimate of drug-likeness (QED) is 0.577. The smallest absolute Gasteiger partial charge is 0.0731 e. The molecule has 0 bridgehead atoms. The van der Waals surface area contributed by atoms with E-state index in [2.05, 4.69) is 91.2 Å². The molecule has 0 radical (unpaired) electrons. The first-order valence-electron chi connectivity index (χ1n) is 5.97. The molecule has 5 heteroatoms.